The Hall–Kier alpha value is -2.62. The van der Waals surface area contributed by atoms with Crippen molar-refractivity contribution in [1.29, 1.82) is 0 Å². The Morgan fingerprint density at radius 3 is 2.41 bits per heavy atom. The number of hydrazone groups is 1. The third kappa shape index (κ3) is 4.21. The van der Waals surface area contributed by atoms with E-state index in [0.29, 0.717) is 5.75 Å². The Kier molecular flexibility index (Phi) is 5.24. The molecule has 0 spiro atoms. The van der Waals surface area contributed by atoms with E-state index in [2.05, 4.69) is 5.10 Å². The van der Waals surface area contributed by atoms with Gasteiger partial charge >= 0.3 is 18.1 Å². The quantitative estimate of drug-likeness (QED) is 0.620. The molecule has 27 heavy (non-hydrogen) atoms. The SMILES string of the molecule is COc1cccc(C2=NN(C(=O)C(=O)OC(C)(C)C)[C@](O)(C(F)(F)F)C2)c1. The second-order valence-electron chi connectivity index (χ2n) is 6.89. The molecule has 0 unspecified atom stereocenters. The van der Waals surface area contributed by atoms with E-state index in [1.165, 1.54) is 46.1 Å². The lowest BCUT2D eigenvalue weighted by Gasteiger charge is -2.32. The molecule has 1 aliphatic rings. The zero-order valence-corrected chi connectivity index (χ0v) is 15.1. The van der Waals surface area contributed by atoms with Crippen LogP contribution in [0.3, 0.4) is 0 Å². The number of carbonyl (C=O) groups is 2. The lowest BCUT2D eigenvalue weighted by molar-refractivity contribution is -0.302. The third-order valence-corrected chi connectivity index (χ3v) is 3.61. The second-order valence-corrected chi connectivity index (χ2v) is 6.89. The van der Waals surface area contributed by atoms with Crippen LogP contribution in [0.4, 0.5) is 13.2 Å². The number of ether oxygens (including phenoxy) is 2. The number of nitrogens with zero attached hydrogens (tertiary/aromatic N) is 2. The minimum absolute atomic E-state index is 0.205. The van der Waals surface area contributed by atoms with E-state index >= 15 is 0 Å². The van der Waals surface area contributed by atoms with Crippen LogP contribution in [0.15, 0.2) is 29.4 Å². The van der Waals surface area contributed by atoms with Gasteiger partial charge in [-0.05, 0) is 32.9 Å². The fourth-order valence-corrected chi connectivity index (χ4v) is 2.35. The van der Waals surface area contributed by atoms with Crippen molar-refractivity contribution in [3.05, 3.63) is 29.8 Å². The van der Waals surface area contributed by atoms with Crippen molar-refractivity contribution in [3.8, 4) is 5.75 Å². The Labute approximate surface area is 153 Å². The molecule has 1 aliphatic heterocycles. The van der Waals surface area contributed by atoms with E-state index in [0.717, 1.165) is 0 Å². The topological polar surface area (TPSA) is 88.4 Å². The summed E-state index contributed by atoms with van der Waals surface area (Å²) in [5, 5.41) is 13.5. The number of carbonyl (C=O) groups excluding carboxylic acids is 2. The average molecular weight is 388 g/mol. The number of amides is 1. The van der Waals surface area contributed by atoms with Gasteiger partial charge in [-0.3, -0.25) is 4.79 Å². The van der Waals surface area contributed by atoms with Crippen molar-refractivity contribution in [2.24, 2.45) is 5.10 Å². The van der Waals surface area contributed by atoms with E-state index in [-0.39, 0.29) is 16.3 Å². The molecule has 2 rings (SSSR count). The van der Waals surface area contributed by atoms with Gasteiger partial charge in [0.1, 0.15) is 11.4 Å². The highest BCUT2D eigenvalue weighted by atomic mass is 19.4. The Bertz CT molecular complexity index is 786. The highest BCUT2D eigenvalue weighted by molar-refractivity contribution is 6.33. The second kappa shape index (κ2) is 6.84. The highest BCUT2D eigenvalue weighted by Gasteiger charge is 2.64. The smallest absolute Gasteiger partial charge is 0.438 e. The molecule has 1 aromatic carbocycles. The lowest BCUT2D eigenvalue weighted by Crippen LogP contribution is -2.58. The van der Waals surface area contributed by atoms with Crippen LogP contribution >= 0.6 is 0 Å². The molecule has 0 fully saturated rings. The number of methoxy groups -OCH3 is 1. The number of aliphatic hydroxyl groups is 1. The van der Waals surface area contributed by atoms with Crippen LogP contribution in [0.5, 0.6) is 5.75 Å². The molecule has 0 saturated heterocycles. The molecular formula is C17H19F3N2O5. The predicted octanol–water partition coefficient (Wildman–Crippen LogP) is 2.22. The zero-order valence-electron chi connectivity index (χ0n) is 15.1. The molecule has 10 heteroatoms. The summed E-state index contributed by atoms with van der Waals surface area (Å²) >= 11 is 0. The molecule has 1 amide bonds. The first-order chi connectivity index (χ1) is 12.3. The third-order valence-electron chi connectivity index (χ3n) is 3.61. The number of halogens is 3. The van der Waals surface area contributed by atoms with Crippen LogP contribution in [0, 0.1) is 0 Å². The first-order valence-corrected chi connectivity index (χ1v) is 7.87. The standard InChI is InChI=1S/C17H19F3N2O5/c1-15(2,3)27-14(24)13(23)22-16(25,17(18,19)20)9-12(21-22)10-6-5-7-11(8-10)26-4/h5-8,25H,9H2,1-4H3/t16-/m1/s1. The fraction of sp³-hybridized carbons (Fsp3) is 0.471. The number of hydrogen-bond acceptors (Lipinski definition) is 6. The predicted molar refractivity (Wildman–Crippen MR) is 87.8 cm³/mol. The van der Waals surface area contributed by atoms with Crippen molar-refractivity contribution in [1.82, 2.24) is 5.01 Å². The van der Waals surface area contributed by atoms with Gasteiger partial charge in [0.25, 0.3) is 5.72 Å². The molecule has 7 nitrogen and oxygen atoms in total. The summed E-state index contributed by atoms with van der Waals surface area (Å²) in [6, 6.07) is 5.93. The maximum atomic E-state index is 13.5. The van der Waals surface area contributed by atoms with Gasteiger partial charge in [-0.25, -0.2) is 4.79 Å². The largest absolute Gasteiger partial charge is 0.497 e. The molecule has 0 radical (unpaired) electrons. The van der Waals surface area contributed by atoms with Gasteiger partial charge in [-0.1, -0.05) is 12.1 Å². The van der Waals surface area contributed by atoms with Crippen LogP contribution in [0.1, 0.15) is 32.8 Å². The summed E-state index contributed by atoms with van der Waals surface area (Å²) in [7, 11) is 1.37. The summed E-state index contributed by atoms with van der Waals surface area (Å²) < 4.78 is 50.3. The van der Waals surface area contributed by atoms with Crippen molar-refractivity contribution >= 4 is 17.6 Å². The summed E-state index contributed by atoms with van der Waals surface area (Å²) in [6.45, 7) is 4.34. The first kappa shape index (κ1) is 20.7. The summed E-state index contributed by atoms with van der Waals surface area (Å²) in [4.78, 5) is 24.2. The summed E-state index contributed by atoms with van der Waals surface area (Å²) in [6.07, 6.45) is -6.30. The Morgan fingerprint density at radius 2 is 1.89 bits per heavy atom. The maximum absolute atomic E-state index is 13.5. The fourth-order valence-electron chi connectivity index (χ4n) is 2.35. The monoisotopic (exact) mass is 388 g/mol. The molecule has 1 N–H and O–H groups in total. The van der Waals surface area contributed by atoms with E-state index in [1.807, 2.05) is 0 Å². The lowest BCUT2D eigenvalue weighted by atomic mass is 10.0. The molecular weight excluding hydrogens is 369 g/mol. The highest BCUT2D eigenvalue weighted by Crippen LogP contribution is 2.41. The molecule has 1 atom stereocenters. The van der Waals surface area contributed by atoms with Crippen molar-refractivity contribution in [3.63, 3.8) is 0 Å². The van der Waals surface area contributed by atoms with Crippen LogP contribution in [-0.2, 0) is 14.3 Å². The van der Waals surface area contributed by atoms with Gasteiger partial charge in [0, 0.05) is 5.56 Å². The number of benzene rings is 1. The van der Waals surface area contributed by atoms with Crippen molar-refractivity contribution < 1.29 is 37.3 Å². The van der Waals surface area contributed by atoms with Gasteiger partial charge in [0.15, 0.2) is 0 Å². The molecule has 0 bridgehead atoms. The molecule has 0 aromatic heterocycles. The number of esters is 1. The van der Waals surface area contributed by atoms with E-state index in [4.69, 9.17) is 9.47 Å². The maximum Gasteiger partial charge on any atom is 0.438 e. The van der Waals surface area contributed by atoms with Crippen LogP contribution in [-0.4, -0.2) is 52.3 Å². The van der Waals surface area contributed by atoms with Crippen LogP contribution < -0.4 is 4.74 Å². The molecule has 1 heterocycles. The van der Waals surface area contributed by atoms with E-state index in [9.17, 15) is 27.9 Å². The van der Waals surface area contributed by atoms with Crippen LogP contribution in [0.2, 0.25) is 0 Å². The number of hydrogen-bond donors (Lipinski definition) is 1. The summed E-state index contributed by atoms with van der Waals surface area (Å²) in [5.41, 5.74) is -4.80. The zero-order chi connectivity index (χ0) is 20.6. The van der Waals surface area contributed by atoms with Gasteiger partial charge in [-0.15, -0.1) is 0 Å². The van der Waals surface area contributed by atoms with Crippen LogP contribution in [0.25, 0.3) is 0 Å². The molecule has 148 valence electrons. The molecule has 0 saturated carbocycles. The van der Waals surface area contributed by atoms with Crippen molar-refractivity contribution in [2.75, 3.05) is 7.11 Å². The van der Waals surface area contributed by atoms with E-state index < -0.39 is 35.8 Å². The number of rotatable bonds is 2. The minimum atomic E-state index is -5.26. The normalized spacial score (nSPS) is 20.3. The molecule has 0 aliphatic carbocycles. The minimum Gasteiger partial charge on any atom is -0.497 e. The van der Waals surface area contributed by atoms with Gasteiger partial charge in [-0.2, -0.15) is 23.3 Å². The van der Waals surface area contributed by atoms with Gasteiger partial charge < -0.3 is 14.6 Å². The number of alkyl halides is 3. The average Bonchev–Trinajstić information content (AvgIpc) is 2.91. The van der Waals surface area contributed by atoms with E-state index in [1.54, 1.807) is 6.07 Å². The Balaban J connectivity index is 2.44. The van der Waals surface area contributed by atoms with Gasteiger partial charge in [0.05, 0.1) is 19.2 Å². The molecule has 1 aromatic rings. The summed E-state index contributed by atoms with van der Waals surface area (Å²) in [5.74, 6) is -2.92. The Morgan fingerprint density at radius 1 is 1.26 bits per heavy atom. The van der Waals surface area contributed by atoms with Crippen molar-refractivity contribution in [2.45, 2.75) is 44.7 Å². The van der Waals surface area contributed by atoms with Gasteiger partial charge in [0.2, 0.25) is 0 Å². The first-order valence-electron chi connectivity index (χ1n) is 7.87.